The molecule has 2 aromatic rings. The third-order valence-electron chi connectivity index (χ3n) is 2.36. The molecule has 0 aliphatic heterocycles. The Labute approximate surface area is 111 Å². The van der Waals surface area contributed by atoms with Crippen LogP contribution in [0.3, 0.4) is 0 Å². The molecule has 0 radical (unpaired) electrons. The molecule has 1 aromatic heterocycles. The van der Waals surface area contributed by atoms with Crippen LogP contribution in [0.2, 0.25) is 0 Å². The molecule has 0 amide bonds. The van der Waals surface area contributed by atoms with E-state index in [-0.39, 0.29) is 11.3 Å². The third kappa shape index (κ3) is 2.51. The molecule has 2 rings (SSSR count). The standard InChI is InChI=1S/C12H10BrFO2S/c1-16-9-4-2-3-8(11(9)14)12(15)10-5-7(13)6-17-10/h2-6,12,15H,1H3. The summed E-state index contributed by atoms with van der Waals surface area (Å²) in [4.78, 5) is 0.684. The second kappa shape index (κ2) is 5.16. The average molecular weight is 317 g/mol. The Bertz CT molecular complexity index is 527. The van der Waals surface area contributed by atoms with E-state index in [0.717, 1.165) is 4.47 Å². The number of methoxy groups -OCH3 is 1. The molecule has 0 bridgehead atoms. The predicted molar refractivity (Wildman–Crippen MR) is 69.0 cm³/mol. The van der Waals surface area contributed by atoms with Crippen LogP contribution in [0.15, 0.2) is 34.1 Å². The molecule has 90 valence electrons. The lowest BCUT2D eigenvalue weighted by molar-refractivity contribution is 0.217. The van der Waals surface area contributed by atoms with Gasteiger partial charge in [-0.2, -0.15) is 0 Å². The Morgan fingerprint density at radius 1 is 1.47 bits per heavy atom. The molecule has 0 saturated carbocycles. The number of benzene rings is 1. The fraction of sp³-hybridized carbons (Fsp3) is 0.167. The topological polar surface area (TPSA) is 29.5 Å². The Morgan fingerprint density at radius 2 is 2.24 bits per heavy atom. The third-order valence-corrected chi connectivity index (χ3v) is 4.11. The second-order valence-electron chi connectivity index (χ2n) is 3.43. The van der Waals surface area contributed by atoms with Gasteiger partial charge >= 0.3 is 0 Å². The van der Waals surface area contributed by atoms with Crippen molar-refractivity contribution in [3.8, 4) is 5.75 Å². The summed E-state index contributed by atoms with van der Waals surface area (Å²) in [7, 11) is 1.40. The first-order valence-corrected chi connectivity index (χ1v) is 6.55. The maximum absolute atomic E-state index is 13.9. The molecule has 1 unspecified atom stereocenters. The average Bonchev–Trinajstić information content (AvgIpc) is 2.75. The number of ether oxygens (including phenoxy) is 1. The van der Waals surface area contributed by atoms with Gasteiger partial charge in [0, 0.05) is 20.3 Å². The zero-order chi connectivity index (χ0) is 12.4. The van der Waals surface area contributed by atoms with Crippen molar-refractivity contribution >= 4 is 27.3 Å². The highest BCUT2D eigenvalue weighted by atomic mass is 79.9. The molecule has 1 atom stereocenters. The van der Waals surface area contributed by atoms with Gasteiger partial charge in [-0.05, 0) is 28.1 Å². The summed E-state index contributed by atoms with van der Waals surface area (Å²) in [6, 6.07) is 6.50. The van der Waals surface area contributed by atoms with Crippen molar-refractivity contribution in [1.29, 1.82) is 0 Å². The van der Waals surface area contributed by atoms with Crippen LogP contribution in [-0.2, 0) is 0 Å². The first-order valence-electron chi connectivity index (χ1n) is 4.88. The molecule has 17 heavy (non-hydrogen) atoms. The molecule has 1 N–H and O–H groups in total. The van der Waals surface area contributed by atoms with E-state index in [1.807, 2.05) is 5.38 Å². The number of aliphatic hydroxyl groups is 1. The predicted octanol–water partition coefficient (Wildman–Crippen LogP) is 3.74. The maximum Gasteiger partial charge on any atom is 0.171 e. The van der Waals surface area contributed by atoms with Gasteiger partial charge < -0.3 is 9.84 Å². The molecule has 0 aliphatic rings. The van der Waals surface area contributed by atoms with Crippen LogP contribution in [0.25, 0.3) is 0 Å². The molecule has 0 saturated heterocycles. The smallest absolute Gasteiger partial charge is 0.171 e. The minimum Gasteiger partial charge on any atom is -0.494 e. The lowest BCUT2D eigenvalue weighted by Crippen LogP contribution is -2.02. The SMILES string of the molecule is COc1cccc(C(O)c2cc(Br)cs2)c1F. The highest BCUT2D eigenvalue weighted by molar-refractivity contribution is 9.10. The van der Waals surface area contributed by atoms with E-state index in [1.165, 1.54) is 24.5 Å². The van der Waals surface area contributed by atoms with Crippen LogP contribution in [0.5, 0.6) is 5.75 Å². The summed E-state index contributed by atoms with van der Waals surface area (Å²) >= 11 is 4.67. The molecule has 2 nitrogen and oxygen atoms in total. The van der Waals surface area contributed by atoms with Gasteiger partial charge in [-0.15, -0.1) is 11.3 Å². The Morgan fingerprint density at radius 3 is 2.82 bits per heavy atom. The fourth-order valence-corrected chi connectivity index (χ4v) is 2.97. The van der Waals surface area contributed by atoms with E-state index < -0.39 is 11.9 Å². The lowest BCUT2D eigenvalue weighted by atomic mass is 10.1. The summed E-state index contributed by atoms with van der Waals surface area (Å²) in [6.45, 7) is 0. The van der Waals surface area contributed by atoms with E-state index in [9.17, 15) is 9.50 Å². The van der Waals surface area contributed by atoms with E-state index >= 15 is 0 Å². The van der Waals surface area contributed by atoms with Crippen molar-refractivity contribution in [2.75, 3.05) is 7.11 Å². The van der Waals surface area contributed by atoms with Gasteiger partial charge in [0.15, 0.2) is 11.6 Å². The monoisotopic (exact) mass is 316 g/mol. The fourth-order valence-electron chi connectivity index (χ4n) is 1.52. The minimum atomic E-state index is -0.971. The normalized spacial score (nSPS) is 12.5. The Hall–Kier alpha value is -0.910. The van der Waals surface area contributed by atoms with Crippen molar-refractivity contribution in [2.45, 2.75) is 6.10 Å². The number of rotatable bonds is 3. The second-order valence-corrected chi connectivity index (χ2v) is 5.29. The lowest BCUT2D eigenvalue weighted by Gasteiger charge is -2.12. The van der Waals surface area contributed by atoms with Gasteiger partial charge in [-0.3, -0.25) is 0 Å². The van der Waals surface area contributed by atoms with E-state index in [2.05, 4.69) is 15.9 Å². The van der Waals surface area contributed by atoms with Gasteiger partial charge in [0.1, 0.15) is 6.10 Å². The van der Waals surface area contributed by atoms with Gasteiger partial charge in [0.2, 0.25) is 0 Å². The molecule has 1 heterocycles. The van der Waals surface area contributed by atoms with Gasteiger partial charge in [0.25, 0.3) is 0 Å². The summed E-state index contributed by atoms with van der Waals surface area (Å²) in [5.41, 5.74) is 0.221. The number of aliphatic hydroxyl groups excluding tert-OH is 1. The molecule has 0 spiro atoms. The Balaban J connectivity index is 2.40. The van der Waals surface area contributed by atoms with E-state index in [0.29, 0.717) is 4.88 Å². The first kappa shape index (κ1) is 12.5. The molecular formula is C12H10BrFO2S. The van der Waals surface area contributed by atoms with Crippen LogP contribution in [0, 0.1) is 5.82 Å². The summed E-state index contributed by atoms with van der Waals surface area (Å²) in [5.74, 6) is -0.385. The molecule has 0 aliphatic carbocycles. The van der Waals surface area contributed by atoms with Crippen molar-refractivity contribution in [2.24, 2.45) is 0 Å². The largest absolute Gasteiger partial charge is 0.494 e. The van der Waals surface area contributed by atoms with Gasteiger partial charge in [0.05, 0.1) is 7.11 Å². The van der Waals surface area contributed by atoms with Crippen LogP contribution in [-0.4, -0.2) is 12.2 Å². The van der Waals surface area contributed by atoms with Crippen molar-refractivity contribution in [3.63, 3.8) is 0 Å². The Kier molecular flexibility index (Phi) is 3.81. The van der Waals surface area contributed by atoms with Crippen molar-refractivity contribution < 1.29 is 14.2 Å². The van der Waals surface area contributed by atoms with Crippen LogP contribution < -0.4 is 4.74 Å². The molecular weight excluding hydrogens is 307 g/mol. The van der Waals surface area contributed by atoms with Gasteiger partial charge in [-0.1, -0.05) is 12.1 Å². The molecule has 1 aromatic carbocycles. The van der Waals surface area contributed by atoms with E-state index in [4.69, 9.17) is 4.74 Å². The van der Waals surface area contributed by atoms with Gasteiger partial charge in [-0.25, -0.2) is 4.39 Å². The van der Waals surface area contributed by atoms with Crippen LogP contribution in [0.4, 0.5) is 4.39 Å². The number of halogens is 2. The first-order chi connectivity index (χ1) is 8.13. The van der Waals surface area contributed by atoms with E-state index in [1.54, 1.807) is 18.2 Å². The van der Waals surface area contributed by atoms with Crippen LogP contribution >= 0.6 is 27.3 Å². The van der Waals surface area contributed by atoms with Crippen molar-refractivity contribution in [1.82, 2.24) is 0 Å². The molecule has 0 fully saturated rings. The number of thiophene rings is 1. The maximum atomic E-state index is 13.9. The number of hydrogen-bond acceptors (Lipinski definition) is 3. The molecule has 5 heteroatoms. The zero-order valence-corrected chi connectivity index (χ0v) is 11.4. The zero-order valence-electron chi connectivity index (χ0n) is 8.98. The highest BCUT2D eigenvalue weighted by Gasteiger charge is 2.19. The van der Waals surface area contributed by atoms with Crippen LogP contribution in [0.1, 0.15) is 16.5 Å². The summed E-state index contributed by atoms with van der Waals surface area (Å²) in [6.07, 6.45) is -0.971. The highest BCUT2D eigenvalue weighted by Crippen LogP contribution is 2.33. The minimum absolute atomic E-state index is 0.136. The summed E-state index contributed by atoms with van der Waals surface area (Å²) < 4.78 is 19.7. The van der Waals surface area contributed by atoms with Crippen molar-refractivity contribution in [3.05, 3.63) is 50.4 Å². The summed E-state index contributed by atoms with van der Waals surface area (Å²) in [5, 5.41) is 11.9. The number of hydrogen-bond donors (Lipinski definition) is 1. The quantitative estimate of drug-likeness (QED) is 0.934.